The Kier molecular flexibility index (Phi) is 7.13. The second-order valence-electron chi connectivity index (χ2n) is 7.82. The molecule has 33 heavy (non-hydrogen) atoms. The van der Waals surface area contributed by atoms with Gasteiger partial charge in [-0.05, 0) is 41.3 Å². The first-order valence-corrected chi connectivity index (χ1v) is 11.1. The molecular formula is C30H27NO2. The zero-order chi connectivity index (χ0) is 23.0. The zero-order valence-corrected chi connectivity index (χ0v) is 18.6. The lowest BCUT2D eigenvalue weighted by atomic mass is 9.91. The highest BCUT2D eigenvalue weighted by atomic mass is 16.3. The first kappa shape index (κ1) is 22.3. The normalized spacial score (nSPS) is 12.7. The van der Waals surface area contributed by atoms with E-state index in [1.54, 1.807) is 18.3 Å². The second-order valence-corrected chi connectivity index (χ2v) is 7.82. The minimum Gasteiger partial charge on any atom is -0.507 e. The summed E-state index contributed by atoms with van der Waals surface area (Å²) in [7, 11) is 0. The summed E-state index contributed by atoms with van der Waals surface area (Å²) in [6.45, 7) is 1.97. The largest absolute Gasteiger partial charge is 0.507 e. The van der Waals surface area contributed by atoms with Crippen LogP contribution in [0.1, 0.15) is 30.0 Å². The fourth-order valence-corrected chi connectivity index (χ4v) is 3.80. The van der Waals surface area contributed by atoms with E-state index < -0.39 is 6.10 Å². The Labute approximate surface area is 195 Å². The van der Waals surface area contributed by atoms with Gasteiger partial charge in [-0.25, -0.2) is 0 Å². The predicted octanol–water partition coefficient (Wildman–Crippen LogP) is 7.12. The Bertz CT molecular complexity index is 1260. The van der Waals surface area contributed by atoms with Crippen molar-refractivity contribution in [2.75, 3.05) is 0 Å². The third-order valence-corrected chi connectivity index (χ3v) is 5.57. The molecule has 0 amide bonds. The average Bonchev–Trinajstić information content (AvgIpc) is 2.87. The molecule has 0 bridgehead atoms. The zero-order valence-electron chi connectivity index (χ0n) is 18.6. The van der Waals surface area contributed by atoms with E-state index in [4.69, 9.17) is 4.99 Å². The quantitative estimate of drug-likeness (QED) is 0.241. The van der Waals surface area contributed by atoms with Crippen molar-refractivity contribution in [3.63, 3.8) is 0 Å². The van der Waals surface area contributed by atoms with E-state index in [0.29, 0.717) is 12.0 Å². The average molecular weight is 434 g/mol. The maximum absolute atomic E-state index is 11.0. The van der Waals surface area contributed by atoms with E-state index in [1.165, 1.54) is 0 Å². The number of rotatable bonds is 7. The highest BCUT2D eigenvalue weighted by Gasteiger charge is 2.18. The van der Waals surface area contributed by atoms with Crippen molar-refractivity contribution in [1.82, 2.24) is 0 Å². The van der Waals surface area contributed by atoms with Crippen LogP contribution in [0.3, 0.4) is 0 Å². The summed E-state index contributed by atoms with van der Waals surface area (Å²) in [6, 6.07) is 33.2. The van der Waals surface area contributed by atoms with Crippen LogP contribution in [-0.4, -0.2) is 22.5 Å². The number of aliphatic hydroxyl groups excluding tert-OH is 1. The fraction of sp³-hybridized carbons (Fsp3) is 0.100. The summed E-state index contributed by atoms with van der Waals surface area (Å²) < 4.78 is 0. The lowest BCUT2D eigenvalue weighted by Gasteiger charge is -2.18. The molecule has 0 aliphatic heterocycles. The van der Waals surface area contributed by atoms with E-state index in [1.807, 2.05) is 91.9 Å². The minimum atomic E-state index is -0.643. The van der Waals surface area contributed by atoms with Crippen LogP contribution < -0.4 is 0 Å². The van der Waals surface area contributed by atoms with Gasteiger partial charge in [-0.3, -0.25) is 4.99 Å². The molecule has 4 aromatic rings. The van der Waals surface area contributed by atoms with Crippen LogP contribution in [-0.2, 0) is 0 Å². The smallest absolute Gasteiger partial charge is 0.124 e. The number of hydrogen-bond acceptors (Lipinski definition) is 3. The van der Waals surface area contributed by atoms with Gasteiger partial charge < -0.3 is 10.2 Å². The van der Waals surface area contributed by atoms with Gasteiger partial charge in [-0.2, -0.15) is 0 Å². The predicted molar refractivity (Wildman–Crippen MR) is 138 cm³/mol. The standard InChI is InChI=1S/C30H27NO2/c1-2-28(32)27(20-22-12-5-3-6-13-22)26-18-11-17-25(23-14-7-4-8-15-23)30(26)31-21-24-16-9-10-19-29(24)33/h3-21,28,32-33H,2H2,1H3. The van der Waals surface area contributed by atoms with Gasteiger partial charge in [0.15, 0.2) is 0 Å². The number of aliphatic imine (C=N–C) groups is 1. The van der Waals surface area contributed by atoms with Crippen LogP contribution in [0, 0.1) is 0 Å². The van der Waals surface area contributed by atoms with Crippen molar-refractivity contribution < 1.29 is 10.2 Å². The molecule has 0 aromatic heterocycles. The summed E-state index contributed by atoms with van der Waals surface area (Å²) in [5.41, 5.74) is 6.07. The molecule has 4 rings (SSSR count). The Balaban J connectivity index is 1.93. The van der Waals surface area contributed by atoms with Gasteiger partial charge in [0.25, 0.3) is 0 Å². The molecular weight excluding hydrogens is 406 g/mol. The molecule has 0 radical (unpaired) electrons. The third kappa shape index (κ3) is 5.28. The number of phenolic OH excluding ortho intramolecular Hbond substituents is 1. The molecule has 1 atom stereocenters. The van der Waals surface area contributed by atoms with Gasteiger partial charge in [0.2, 0.25) is 0 Å². The lowest BCUT2D eigenvalue weighted by Crippen LogP contribution is -2.08. The van der Waals surface area contributed by atoms with E-state index in [-0.39, 0.29) is 5.75 Å². The lowest BCUT2D eigenvalue weighted by molar-refractivity contribution is 0.229. The molecule has 0 fully saturated rings. The number of para-hydroxylation sites is 2. The molecule has 164 valence electrons. The highest BCUT2D eigenvalue weighted by Crippen LogP contribution is 2.39. The van der Waals surface area contributed by atoms with Crippen molar-refractivity contribution >= 4 is 23.6 Å². The number of benzene rings is 4. The number of aliphatic hydroxyl groups is 1. The fourth-order valence-electron chi connectivity index (χ4n) is 3.80. The van der Waals surface area contributed by atoms with Gasteiger partial charge >= 0.3 is 0 Å². The van der Waals surface area contributed by atoms with Crippen molar-refractivity contribution in [3.05, 3.63) is 120 Å². The molecule has 2 N–H and O–H groups in total. The summed E-state index contributed by atoms with van der Waals surface area (Å²) in [4.78, 5) is 4.86. The summed E-state index contributed by atoms with van der Waals surface area (Å²) in [6.07, 6.45) is 3.64. The van der Waals surface area contributed by atoms with Crippen LogP contribution in [0.15, 0.2) is 108 Å². The minimum absolute atomic E-state index is 0.175. The van der Waals surface area contributed by atoms with Crippen molar-refractivity contribution in [3.8, 4) is 16.9 Å². The van der Waals surface area contributed by atoms with Gasteiger partial charge in [-0.15, -0.1) is 0 Å². The van der Waals surface area contributed by atoms with Crippen molar-refractivity contribution in [2.45, 2.75) is 19.4 Å². The summed E-state index contributed by atoms with van der Waals surface area (Å²) in [5, 5.41) is 21.2. The number of aromatic hydroxyl groups is 1. The number of phenols is 1. The van der Waals surface area contributed by atoms with Gasteiger partial charge in [0.1, 0.15) is 5.75 Å². The SMILES string of the molecule is CCC(O)C(=Cc1ccccc1)c1cccc(-c2ccccc2)c1N=Cc1ccccc1O. The van der Waals surface area contributed by atoms with Gasteiger partial charge in [0, 0.05) is 22.9 Å². The van der Waals surface area contributed by atoms with Crippen LogP contribution in [0.2, 0.25) is 0 Å². The molecule has 0 spiro atoms. The van der Waals surface area contributed by atoms with Gasteiger partial charge in [0.05, 0.1) is 11.8 Å². The molecule has 4 aromatic carbocycles. The second kappa shape index (κ2) is 10.6. The van der Waals surface area contributed by atoms with Crippen LogP contribution in [0.5, 0.6) is 5.75 Å². The topological polar surface area (TPSA) is 52.8 Å². The molecule has 0 heterocycles. The Hall–Kier alpha value is -3.95. The number of nitrogens with zero attached hydrogens (tertiary/aromatic N) is 1. The van der Waals surface area contributed by atoms with E-state index in [9.17, 15) is 10.2 Å². The van der Waals surface area contributed by atoms with Crippen LogP contribution in [0.4, 0.5) is 5.69 Å². The first-order valence-electron chi connectivity index (χ1n) is 11.1. The third-order valence-electron chi connectivity index (χ3n) is 5.57. The van der Waals surface area contributed by atoms with Crippen LogP contribution in [0.25, 0.3) is 22.8 Å². The first-order chi connectivity index (χ1) is 16.2. The van der Waals surface area contributed by atoms with Crippen molar-refractivity contribution in [2.24, 2.45) is 4.99 Å². The Morgan fingerprint density at radius 1 is 0.818 bits per heavy atom. The molecule has 0 aliphatic rings. The monoisotopic (exact) mass is 433 g/mol. The maximum atomic E-state index is 11.0. The van der Waals surface area contributed by atoms with Gasteiger partial charge in [-0.1, -0.05) is 97.9 Å². The van der Waals surface area contributed by atoms with Crippen molar-refractivity contribution in [1.29, 1.82) is 0 Å². The summed E-state index contributed by atoms with van der Waals surface area (Å²) in [5.74, 6) is 0.175. The molecule has 0 saturated heterocycles. The number of hydrogen-bond donors (Lipinski definition) is 2. The van der Waals surface area contributed by atoms with E-state index >= 15 is 0 Å². The summed E-state index contributed by atoms with van der Waals surface area (Å²) >= 11 is 0. The Morgan fingerprint density at radius 3 is 2.18 bits per heavy atom. The molecule has 3 heteroatoms. The molecule has 0 aliphatic carbocycles. The van der Waals surface area contributed by atoms with E-state index in [0.717, 1.165) is 33.5 Å². The molecule has 0 saturated carbocycles. The van der Waals surface area contributed by atoms with E-state index in [2.05, 4.69) is 12.1 Å². The Morgan fingerprint density at radius 2 is 1.48 bits per heavy atom. The maximum Gasteiger partial charge on any atom is 0.124 e. The molecule has 3 nitrogen and oxygen atoms in total. The highest BCUT2D eigenvalue weighted by molar-refractivity contribution is 5.96. The molecule has 1 unspecified atom stereocenters. The van der Waals surface area contributed by atoms with Crippen LogP contribution >= 0.6 is 0 Å².